The maximum absolute atomic E-state index is 5.75. The van der Waals surface area contributed by atoms with Crippen LogP contribution in [0.1, 0.15) is 11.5 Å². The van der Waals surface area contributed by atoms with Crippen molar-refractivity contribution in [3.05, 3.63) is 23.7 Å². The van der Waals surface area contributed by atoms with Crippen molar-refractivity contribution in [3.63, 3.8) is 0 Å². The topological polar surface area (TPSA) is 50.8 Å². The molecule has 0 N–H and O–H groups in total. The Morgan fingerprint density at radius 2 is 1.04 bits per heavy atom. The van der Waals surface area contributed by atoms with E-state index < -0.39 is 16.7 Å². The molecule has 0 amide bonds. The third kappa shape index (κ3) is 10.7. The van der Waals surface area contributed by atoms with Crippen molar-refractivity contribution >= 4 is 49.4 Å². The fourth-order valence-corrected chi connectivity index (χ4v) is 4.54. The van der Waals surface area contributed by atoms with E-state index in [-0.39, 0.29) is 13.1 Å². The van der Waals surface area contributed by atoms with Gasteiger partial charge in [0.05, 0.1) is 12.4 Å². The van der Waals surface area contributed by atoms with E-state index in [4.69, 9.17) is 24.6 Å². The van der Waals surface area contributed by atoms with Crippen LogP contribution in [0.2, 0.25) is 0 Å². The first-order valence-corrected chi connectivity index (χ1v) is 12.9. The Kier molecular flexibility index (Phi) is 14.7. The number of nitrogens with zero attached hydrogens (tertiary/aromatic N) is 6. The Balaban J connectivity index is 0.00000194. The molecule has 7 nitrogen and oxygen atoms in total. The van der Waals surface area contributed by atoms with Crippen LogP contribution in [0.3, 0.4) is 0 Å². The quantitative estimate of drug-likeness (QED) is 0.314. The van der Waals surface area contributed by atoms with Crippen LogP contribution in [0.5, 0.6) is 0 Å². The average molecular weight is 485 g/mol. The third-order valence-corrected chi connectivity index (χ3v) is 6.16. The van der Waals surface area contributed by atoms with Gasteiger partial charge in [0.25, 0.3) is 0 Å². The van der Waals surface area contributed by atoms with Crippen LogP contribution in [0.4, 0.5) is 0 Å². The molecule has 26 heavy (non-hydrogen) atoms. The molecule has 0 spiro atoms. The Bertz CT molecular complexity index is 497. The molecule has 0 aromatic carbocycles. The van der Waals surface area contributed by atoms with Crippen LogP contribution in [0, 0.1) is 0 Å². The first kappa shape index (κ1) is 26.4. The molecular weight excluding hydrogens is 457 g/mol. The molecule has 0 saturated carbocycles. The van der Waals surface area contributed by atoms with E-state index in [0.717, 1.165) is 11.5 Å². The molecule has 0 radical (unpaired) electrons. The number of furan rings is 1. The summed E-state index contributed by atoms with van der Waals surface area (Å²) in [7, 11) is 24.3. The van der Waals surface area contributed by atoms with Crippen molar-refractivity contribution in [2.75, 3.05) is 56.4 Å². The zero-order valence-corrected chi connectivity index (χ0v) is 20.8. The summed E-state index contributed by atoms with van der Waals surface area (Å²) in [5.41, 5.74) is 0. The Labute approximate surface area is 174 Å². The second-order valence-electron chi connectivity index (χ2n) is 5.71. The first-order valence-electron chi connectivity index (χ1n) is 7.46. The van der Waals surface area contributed by atoms with Gasteiger partial charge in [0, 0.05) is 0 Å². The fourth-order valence-electron chi connectivity index (χ4n) is 1.85. The summed E-state index contributed by atoms with van der Waals surface area (Å²) < 4.78 is 23.3. The zero-order chi connectivity index (χ0) is 20.3. The predicted octanol–water partition coefficient (Wildman–Crippen LogP) is 4.19. The SMILES string of the molecule is CN(C)P(/N=C/c1ccc(/C=N/P(N(C)C)N(C)C)o1)N(C)C.[Cl][Fe][Cl]. The van der Waals surface area contributed by atoms with Crippen molar-refractivity contribution < 1.29 is 17.6 Å². The number of hydrogen-bond donors (Lipinski definition) is 0. The van der Waals surface area contributed by atoms with Gasteiger partial charge < -0.3 is 4.42 Å². The molecule has 0 aliphatic rings. The van der Waals surface area contributed by atoms with Gasteiger partial charge in [0.1, 0.15) is 11.5 Å². The van der Waals surface area contributed by atoms with Crippen LogP contribution in [0.25, 0.3) is 0 Å². The Morgan fingerprint density at radius 1 is 0.769 bits per heavy atom. The van der Waals surface area contributed by atoms with Crippen LogP contribution >= 0.6 is 36.9 Å². The van der Waals surface area contributed by atoms with E-state index in [1.807, 2.05) is 68.5 Å². The third-order valence-electron chi connectivity index (χ3n) is 2.66. The molecule has 0 saturated heterocycles. The summed E-state index contributed by atoms with van der Waals surface area (Å²) in [6, 6.07) is 3.83. The summed E-state index contributed by atoms with van der Waals surface area (Å²) in [4.78, 5) is 0. The van der Waals surface area contributed by atoms with Gasteiger partial charge in [-0.1, -0.05) is 0 Å². The van der Waals surface area contributed by atoms with Gasteiger partial charge in [0.15, 0.2) is 16.7 Å². The molecular formula is C14H28Cl2FeN6OP2. The normalized spacial score (nSPS) is 12.8. The van der Waals surface area contributed by atoms with Crippen LogP contribution in [-0.2, 0) is 13.1 Å². The zero-order valence-electron chi connectivity index (χ0n) is 16.4. The summed E-state index contributed by atoms with van der Waals surface area (Å²) in [5, 5.41) is 0. The minimum absolute atomic E-state index is 0.194. The molecule has 1 aromatic heterocycles. The molecule has 0 bridgehead atoms. The summed E-state index contributed by atoms with van der Waals surface area (Å²) in [6.45, 7) is 0. The van der Waals surface area contributed by atoms with Crippen molar-refractivity contribution in [1.82, 2.24) is 18.7 Å². The average Bonchev–Trinajstić information content (AvgIpc) is 2.94. The second kappa shape index (κ2) is 14.4. The predicted molar refractivity (Wildman–Crippen MR) is 114 cm³/mol. The van der Waals surface area contributed by atoms with Gasteiger partial charge in [-0.3, -0.25) is 18.7 Å². The minimum atomic E-state index is -0.696. The molecule has 1 heterocycles. The van der Waals surface area contributed by atoms with Gasteiger partial charge in [-0.05, 0) is 68.5 Å². The van der Waals surface area contributed by atoms with Gasteiger partial charge in [0.2, 0.25) is 0 Å². The molecule has 0 unspecified atom stereocenters. The van der Waals surface area contributed by atoms with Crippen molar-refractivity contribution in [3.8, 4) is 0 Å². The van der Waals surface area contributed by atoms with Gasteiger partial charge in [-0.25, -0.2) is 9.53 Å². The molecule has 0 aliphatic carbocycles. The van der Waals surface area contributed by atoms with Crippen molar-refractivity contribution in [1.29, 1.82) is 0 Å². The summed E-state index contributed by atoms with van der Waals surface area (Å²) in [5.74, 6) is 1.48. The molecule has 0 atom stereocenters. The van der Waals surface area contributed by atoms with Crippen LogP contribution in [0.15, 0.2) is 26.1 Å². The summed E-state index contributed by atoms with van der Waals surface area (Å²) in [6.07, 6.45) is 3.56. The molecule has 12 heteroatoms. The van der Waals surface area contributed by atoms with E-state index in [0.29, 0.717) is 0 Å². The molecule has 152 valence electrons. The van der Waals surface area contributed by atoms with Crippen LogP contribution in [-0.4, -0.2) is 87.5 Å². The van der Waals surface area contributed by atoms with E-state index >= 15 is 0 Å². The fraction of sp³-hybridized carbons (Fsp3) is 0.571. The van der Waals surface area contributed by atoms with E-state index in [2.05, 4.69) is 28.2 Å². The Hall–Kier alpha value is 0.419. The molecule has 1 aromatic rings. The maximum atomic E-state index is 5.75. The molecule has 0 aliphatic heterocycles. The van der Waals surface area contributed by atoms with Crippen molar-refractivity contribution in [2.24, 2.45) is 9.53 Å². The second-order valence-corrected chi connectivity index (χ2v) is 12.3. The molecule has 0 fully saturated rings. The van der Waals surface area contributed by atoms with Crippen molar-refractivity contribution in [2.45, 2.75) is 0 Å². The van der Waals surface area contributed by atoms with Gasteiger partial charge in [-0.2, -0.15) is 0 Å². The molecule has 1 rings (SSSR count). The number of hydrogen-bond acceptors (Lipinski definition) is 7. The monoisotopic (exact) mass is 484 g/mol. The standard InChI is InChI=1S/C14H28N6OP2.2ClH.Fe/c1-17(2)22(18(3)4)15-11-13-9-10-14(21-13)12-16-23(19(5)6)20(7)8;;;/h9-12H,1-8H3;2*1H;/q;;;+2/p-2/b15-11+,16-12+;;;. The van der Waals surface area contributed by atoms with E-state index in [1.165, 1.54) is 0 Å². The first-order chi connectivity index (χ1) is 12.1. The Morgan fingerprint density at radius 3 is 1.27 bits per heavy atom. The number of rotatable bonds is 8. The summed E-state index contributed by atoms with van der Waals surface area (Å²) >= 11 is 0.194. The van der Waals surface area contributed by atoms with E-state index in [1.54, 1.807) is 12.4 Å². The van der Waals surface area contributed by atoms with Crippen LogP contribution < -0.4 is 0 Å². The van der Waals surface area contributed by atoms with Gasteiger partial charge >= 0.3 is 33.3 Å². The van der Waals surface area contributed by atoms with E-state index in [9.17, 15) is 0 Å². The van der Waals surface area contributed by atoms with Gasteiger partial charge in [-0.15, -0.1) is 0 Å². The number of halogens is 2.